The fourth-order valence-corrected chi connectivity index (χ4v) is 4.00. The maximum Gasteiger partial charge on any atom is 0.253 e. The summed E-state index contributed by atoms with van der Waals surface area (Å²) in [5.74, 6) is 0. The number of aromatic nitrogens is 1. The Kier molecular flexibility index (Phi) is 5.56. The third-order valence-electron chi connectivity index (χ3n) is 5.55. The molecule has 0 aliphatic carbocycles. The third kappa shape index (κ3) is 4.28. The van der Waals surface area contributed by atoms with E-state index in [1.165, 1.54) is 0 Å². The number of aliphatic hydroxyl groups is 2. The van der Waals surface area contributed by atoms with E-state index in [1.54, 1.807) is 0 Å². The number of aliphatic hydroxyl groups excluding tert-OH is 2. The van der Waals surface area contributed by atoms with E-state index in [2.05, 4.69) is 21.3 Å². The number of aromatic amines is 1. The summed E-state index contributed by atoms with van der Waals surface area (Å²) < 4.78 is 0. The molecular weight excluding hydrogens is 366 g/mol. The summed E-state index contributed by atoms with van der Waals surface area (Å²) in [6.45, 7) is 3.81. The van der Waals surface area contributed by atoms with Gasteiger partial charge in [0.05, 0.1) is 12.7 Å². The van der Waals surface area contributed by atoms with Gasteiger partial charge in [-0.25, -0.2) is 0 Å². The zero-order valence-corrected chi connectivity index (χ0v) is 16.6. The molecule has 1 atom stereocenters. The second-order valence-electron chi connectivity index (χ2n) is 7.81. The summed E-state index contributed by atoms with van der Waals surface area (Å²) in [5, 5.41) is 24.1. The van der Waals surface area contributed by atoms with Crippen LogP contribution in [0.15, 0.2) is 47.3 Å². The van der Waals surface area contributed by atoms with E-state index in [0.717, 1.165) is 52.8 Å². The highest BCUT2D eigenvalue weighted by atomic mass is 16.3. The van der Waals surface area contributed by atoms with Crippen LogP contribution in [-0.4, -0.2) is 34.4 Å². The van der Waals surface area contributed by atoms with E-state index in [0.29, 0.717) is 18.7 Å². The lowest BCUT2D eigenvalue weighted by Crippen LogP contribution is -2.38. The minimum absolute atomic E-state index is 0.0761. The van der Waals surface area contributed by atoms with Crippen LogP contribution in [0.5, 0.6) is 0 Å². The van der Waals surface area contributed by atoms with Crippen molar-refractivity contribution < 1.29 is 10.2 Å². The number of aryl methyl sites for hydroxylation is 1. The van der Waals surface area contributed by atoms with Gasteiger partial charge in [0, 0.05) is 47.7 Å². The zero-order valence-electron chi connectivity index (χ0n) is 16.6. The Morgan fingerprint density at radius 3 is 2.83 bits per heavy atom. The molecular formula is C23H27N3O3. The van der Waals surface area contributed by atoms with Crippen molar-refractivity contribution in [3.05, 3.63) is 69.5 Å². The largest absolute Gasteiger partial charge is 0.392 e. The SMILES string of the molecule is Cc1ccc2[nH]c(=O)c(CNc3ccc(N4CCC[C@@H](O)C4)c(CO)c3)cc2c1. The molecule has 0 bridgehead atoms. The molecule has 1 aromatic heterocycles. The average Bonchev–Trinajstić information content (AvgIpc) is 2.72. The first-order chi connectivity index (χ1) is 14.0. The van der Waals surface area contributed by atoms with Crippen LogP contribution in [0.1, 0.15) is 29.5 Å². The molecule has 1 saturated heterocycles. The third-order valence-corrected chi connectivity index (χ3v) is 5.55. The number of rotatable bonds is 5. The van der Waals surface area contributed by atoms with Crippen LogP contribution in [0.4, 0.5) is 11.4 Å². The van der Waals surface area contributed by atoms with Gasteiger partial charge in [0.25, 0.3) is 5.56 Å². The van der Waals surface area contributed by atoms with E-state index in [-0.39, 0.29) is 18.3 Å². The van der Waals surface area contributed by atoms with Gasteiger partial charge in [0.1, 0.15) is 0 Å². The van der Waals surface area contributed by atoms with Crippen molar-refractivity contribution in [3.63, 3.8) is 0 Å². The molecule has 3 aromatic rings. The smallest absolute Gasteiger partial charge is 0.253 e. The van der Waals surface area contributed by atoms with E-state index >= 15 is 0 Å². The molecule has 1 aliphatic rings. The Morgan fingerprint density at radius 1 is 1.17 bits per heavy atom. The lowest BCUT2D eigenvalue weighted by molar-refractivity contribution is 0.154. The lowest BCUT2D eigenvalue weighted by atomic mass is 10.0. The molecule has 1 aliphatic heterocycles. The Labute approximate surface area is 169 Å². The molecule has 0 spiro atoms. The number of nitrogens with one attached hydrogen (secondary N) is 2. The number of fused-ring (bicyclic) bond motifs is 1. The van der Waals surface area contributed by atoms with E-state index in [4.69, 9.17) is 0 Å². The first-order valence-corrected chi connectivity index (χ1v) is 10.1. The number of anilines is 2. The second kappa shape index (κ2) is 8.27. The van der Waals surface area contributed by atoms with Gasteiger partial charge in [-0.2, -0.15) is 0 Å². The molecule has 1 fully saturated rings. The van der Waals surface area contributed by atoms with Crippen molar-refractivity contribution in [2.45, 2.75) is 39.0 Å². The minimum atomic E-state index is -0.323. The van der Waals surface area contributed by atoms with Gasteiger partial charge in [0.15, 0.2) is 0 Å². The van der Waals surface area contributed by atoms with Crippen LogP contribution in [0.3, 0.4) is 0 Å². The van der Waals surface area contributed by atoms with Crippen molar-refractivity contribution in [1.82, 2.24) is 4.98 Å². The van der Waals surface area contributed by atoms with Crippen LogP contribution >= 0.6 is 0 Å². The molecule has 0 unspecified atom stereocenters. The lowest BCUT2D eigenvalue weighted by Gasteiger charge is -2.33. The molecule has 2 heterocycles. The first kappa shape index (κ1) is 19.5. The number of hydrogen-bond donors (Lipinski definition) is 4. The highest BCUT2D eigenvalue weighted by Gasteiger charge is 2.20. The number of pyridine rings is 1. The number of piperidine rings is 1. The molecule has 0 saturated carbocycles. The standard InChI is InChI=1S/C23H27N3O3/c1-15-4-6-21-16(9-15)10-17(23(29)25-21)12-24-19-5-7-22(18(11-19)14-27)26-8-2-3-20(28)13-26/h4-7,9-11,20,24,27-28H,2-3,8,12-14H2,1H3,(H,25,29)/t20-/m1/s1. The van der Waals surface area contributed by atoms with E-state index < -0.39 is 0 Å². The fourth-order valence-electron chi connectivity index (χ4n) is 4.00. The Balaban J connectivity index is 1.53. The van der Waals surface area contributed by atoms with Crippen molar-refractivity contribution in [2.24, 2.45) is 0 Å². The van der Waals surface area contributed by atoms with Gasteiger partial charge >= 0.3 is 0 Å². The number of nitrogens with zero attached hydrogens (tertiary/aromatic N) is 1. The van der Waals surface area contributed by atoms with Gasteiger partial charge in [-0.15, -0.1) is 0 Å². The first-order valence-electron chi connectivity index (χ1n) is 10.1. The molecule has 0 amide bonds. The predicted octanol–water partition coefficient (Wildman–Crippen LogP) is 2.90. The summed E-state index contributed by atoms with van der Waals surface area (Å²) in [5.41, 5.74) is 5.16. The summed E-state index contributed by atoms with van der Waals surface area (Å²) in [7, 11) is 0. The number of benzene rings is 2. The molecule has 2 aromatic carbocycles. The van der Waals surface area contributed by atoms with Crippen LogP contribution in [0, 0.1) is 6.92 Å². The molecule has 6 nitrogen and oxygen atoms in total. The maximum atomic E-state index is 12.4. The van der Waals surface area contributed by atoms with E-state index in [1.807, 2.05) is 43.3 Å². The van der Waals surface area contributed by atoms with Crippen molar-refractivity contribution in [3.8, 4) is 0 Å². The van der Waals surface area contributed by atoms with Crippen molar-refractivity contribution in [2.75, 3.05) is 23.3 Å². The van der Waals surface area contributed by atoms with E-state index in [9.17, 15) is 15.0 Å². The Hall–Kier alpha value is -2.83. The monoisotopic (exact) mass is 393 g/mol. The molecule has 4 N–H and O–H groups in total. The van der Waals surface area contributed by atoms with Gasteiger partial charge in [0.2, 0.25) is 0 Å². The molecule has 0 radical (unpaired) electrons. The summed E-state index contributed by atoms with van der Waals surface area (Å²) >= 11 is 0. The summed E-state index contributed by atoms with van der Waals surface area (Å²) in [6, 6.07) is 13.7. The summed E-state index contributed by atoms with van der Waals surface area (Å²) in [4.78, 5) is 17.4. The van der Waals surface area contributed by atoms with Crippen LogP contribution < -0.4 is 15.8 Å². The quantitative estimate of drug-likeness (QED) is 0.535. The minimum Gasteiger partial charge on any atom is -0.392 e. The van der Waals surface area contributed by atoms with Gasteiger partial charge < -0.3 is 25.4 Å². The normalized spacial score (nSPS) is 16.9. The molecule has 4 rings (SSSR count). The van der Waals surface area contributed by atoms with Gasteiger partial charge in [-0.1, -0.05) is 11.6 Å². The Bertz CT molecular complexity index is 1080. The van der Waals surface area contributed by atoms with Crippen molar-refractivity contribution in [1.29, 1.82) is 0 Å². The predicted molar refractivity (Wildman–Crippen MR) is 116 cm³/mol. The van der Waals surface area contributed by atoms with Crippen LogP contribution in [0.2, 0.25) is 0 Å². The van der Waals surface area contributed by atoms with Gasteiger partial charge in [-0.3, -0.25) is 4.79 Å². The molecule has 29 heavy (non-hydrogen) atoms. The number of H-pyrrole nitrogens is 1. The average molecular weight is 393 g/mol. The molecule has 152 valence electrons. The summed E-state index contributed by atoms with van der Waals surface area (Å²) in [6.07, 6.45) is 1.44. The highest BCUT2D eigenvalue weighted by Crippen LogP contribution is 2.27. The maximum absolute atomic E-state index is 12.4. The van der Waals surface area contributed by atoms with Crippen LogP contribution in [-0.2, 0) is 13.2 Å². The van der Waals surface area contributed by atoms with Crippen LogP contribution in [0.25, 0.3) is 10.9 Å². The topological polar surface area (TPSA) is 88.6 Å². The zero-order chi connectivity index (χ0) is 20.4. The fraction of sp³-hybridized carbons (Fsp3) is 0.348. The second-order valence-corrected chi connectivity index (χ2v) is 7.81. The number of hydrogen-bond acceptors (Lipinski definition) is 5. The number of β-amino-alcohol motifs (C(OH)–C–C–N with tert-alkyl or cyclic N) is 1. The molecule has 6 heteroatoms. The van der Waals surface area contributed by atoms with Gasteiger partial charge in [-0.05, 0) is 61.5 Å². The van der Waals surface area contributed by atoms with Crippen molar-refractivity contribution >= 4 is 22.3 Å². The highest BCUT2D eigenvalue weighted by molar-refractivity contribution is 5.79. The Morgan fingerprint density at radius 2 is 2.03 bits per heavy atom.